The molecule has 7 heteroatoms. The molecular formula is C24H30N4O3. The Morgan fingerprint density at radius 1 is 1.19 bits per heavy atom. The number of piperidine rings is 1. The fourth-order valence-corrected chi connectivity index (χ4v) is 4.56. The normalized spacial score (nSPS) is 23.7. The molecule has 0 aliphatic carbocycles. The maximum atomic E-state index is 12.6. The molecule has 1 unspecified atom stereocenters. The molecule has 0 saturated carbocycles. The number of fused-ring (bicyclic) bond motifs is 1. The van der Waals surface area contributed by atoms with Gasteiger partial charge in [0.15, 0.2) is 0 Å². The van der Waals surface area contributed by atoms with Gasteiger partial charge in [0.2, 0.25) is 0 Å². The molecule has 2 fully saturated rings. The number of nitrogens with zero attached hydrogens (tertiary/aromatic N) is 2. The fraction of sp³-hybridized carbons (Fsp3) is 0.458. The van der Waals surface area contributed by atoms with Crippen molar-refractivity contribution in [3.63, 3.8) is 0 Å². The number of carbonyl (C=O) groups is 1. The van der Waals surface area contributed by atoms with Gasteiger partial charge in [0, 0.05) is 50.5 Å². The topological polar surface area (TPSA) is 66.1 Å². The monoisotopic (exact) mass is 422 g/mol. The highest BCUT2D eigenvalue weighted by atomic mass is 16.5. The van der Waals surface area contributed by atoms with Crippen molar-refractivity contribution in [2.24, 2.45) is 0 Å². The van der Waals surface area contributed by atoms with Gasteiger partial charge in [-0.3, -0.25) is 4.90 Å². The van der Waals surface area contributed by atoms with Crippen LogP contribution in [0.3, 0.4) is 0 Å². The maximum absolute atomic E-state index is 12.6. The molecule has 164 valence electrons. The van der Waals surface area contributed by atoms with E-state index in [9.17, 15) is 4.79 Å². The number of dihydropyridines is 1. The van der Waals surface area contributed by atoms with Gasteiger partial charge in [0.1, 0.15) is 11.9 Å². The first kappa shape index (κ1) is 20.2. The van der Waals surface area contributed by atoms with Crippen molar-refractivity contribution in [3.05, 3.63) is 60.1 Å². The molecular weight excluding hydrogens is 392 g/mol. The lowest BCUT2D eigenvalue weighted by atomic mass is 10.1. The zero-order chi connectivity index (χ0) is 21.0. The van der Waals surface area contributed by atoms with Gasteiger partial charge in [-0.05, 0) is 67.2 Å². The smallest absolute Gasteiger partial charge is 0.326 e. The average molecular weight is 423 g/mol. The molecule has 0 radical (unpaired) electrons. The number of benzene rings is 1. The number of anilines is 1. The molecule has 0 aromatic heterocycles. The molecule has 4 heterocycles. The van der Waals surface area contributed by atoms with Crippen LogP contribution in [0.25, 0.3) is 0 Å². The minimum Gasteiger partial charge on any atom is -0.490 e. The number of allylic oxidation sites excluding steroid dienone is 1. The molecule has 2 N–H and O–H groups in total. The maximum Gasteiger partial charge on any atom is 0.326 e. The van der Waals surface area contributed by atoms with E-state index in [4.69, 9.17) is 9.47 Å². The highest BCUT2D eigenvalue weighted by Crippen LogP contribution is 2.25. The van der Waals surface area contributed by atoms with Crippen LogP contribution in [-0.2, 0) is 4.74 Å². The molecule has 2 saturated heterocycles. The Morgan fingerprint density at radius 3 is 2.77 bits per heavy atom. The fourth-order valence-electron chi connectivity index (χ4n) is 4.56. The van der Waals surface area contributed by atoms with Crippen molar-refractivity contribution in [1.29, 1.82) is 0 Å². The molecule has 5 rings (SSSR count). The lowest BCUT2D eigenvalue weighted by molar-refractivity contribution is 0.0440. The van der Waals surface area contributed by atoms with Gasteiger partial charge in [0.25, 0.3) is 0 Å². The summed E-state index contributed by atoms with van der Waals surface area (Å²) >= 11 is 0. The largest absolute Gasteiger partial charge is 0.490 e. The summed E-state index contributed by atoms with van der Waals surface area (Å²) in [6.07, 6.45) is 12.8. The molecule has 7 nitrogen and oxygen atoms in total. The van der Waals surface area contributed by atoms with Gasteiger partial charge in [-0.25, -0.2) is 4.79 Å². The number of rotatable bonds is 5. The standard InChI is InChI=1S/C24H30N4O3/c29-24(28-15-18-7-10-25-14-19(18)16-28)26-20-3-5-21(6-4-20)31-22-8-11-27(12-9-22)17-23-2-1-13-30-23/h3-7,10,14-15,22-23,25H,1-2,8-9,11-13,16-17H2,(H,26,29). The molecule has 0 spiro atoms. The molecule has 31 heavy (non-hydrogen) atoms. The SMILES string of the molecule is O=C(Nc1ccc(OC2CCN(CC3CCCO3)CC2)cc1)N1C=C2C=CNC=C2C1. The summed E-state index contributed by atoms with van der Waals surface area (Å²) in [6.45, 7) is 4.67. The zero-order valence-corrected chi connectivity index (χ0v) is 17.8. The highest BCUT2D eigenvalue weighted by Gasteiger charge is 2.25. The summed E-state index contributed by atoms with van der Waals surface area (Å²) in [7, 11) is 0. The van der Waals surface area contributed by atoms with Gasteiger partial charge < -0.3 is 25.0 Å². The molecule has 4 aliphatic heterocycles. The summed E-state index contributed by atoms with van der Waals surface area (Å²) in [5.74, 6) is 0.853. The van der Waals surface area contributed by atoms with Crippen LogP contribution < -0.4 is 15.4 Å². The van der Waals surface area contributed by atoms with E-state index < -0.39 is 0 Å². The van der Waals surface area contributed by atoms with Crippen LogP contribution in [0.2, 0.25) is 0 Å². The van der Waals surface area contributed by atoms with E-state index in [-0.39, 0.29) is 12.1 Å². The van der Waals surface area contributed by atoms with Crippen LogP contribution in [-0.4, -0.2) is 60.8 Å². The molecule has 2 amide bonds. The summed E-state index contributed by atoms with van der Waals surface area (Å²) in [5, 5.41) is 6.02. The Kier molecular flexibility index (Phi) is 5.95. The third-order valence-electron chi connectivity index (χ3n) is 6.31. The Labute approximate surface area is 183 Å². The Morgan fingerprint density at radius 2 is 2.03 bits per heavy atom. The molecule has 1 aromatic rings. The third-order valence-corrected chi connectivity index (χ3v) is 6.31. The van der Waals surface area contributed by atoms with Crippen molar-refractivity contribution in [2.75, 3.05) is 38.1 Å². The predicted octanol–water partition coefficient (Wildman–Crippen LogP) is 3.44. The third kappa shape index (κ3) is 4.94. The first-order chi connectivity index (χ1) is 15.2. The predicted molar refractivity (Wildman–Crippen MR) is 120 cm³/mol. The van der Waals surface area contributed by atoms with Crippen LogP contribution in [0.5, 0.6) is 5.75 Å². The lowest BCUT2D eigenvalue weighted by Gasteiger charge is -2.33. The summed E-state index contributed by atoms with van der Waals surface area (Å²) in [6, 6.07) is 7.54. The van der Waals surface area contributed by atoms with Crippen molar-refractivity contribution >= 4 is 11.7 Å². The number of hydrogen-bond donors (Lipinski definition) is 2. The summed E-state index contributed by atoms with van der Waals surface area (Å²) in [5.41, 5.74) is 2.95. The Balaban J connectivity index is 1.08. The Bertz CT molecular complexity index is 879. The van der Waals surface area contributed by atoms with Crippen molar-refractivity contribution < 1.29 is 14.3 Å². The van der Waals surface area contributed by atoms with E-state index in [1.165, 1.54) is 12.8 Å². The van der Waals surface area contributed by atoms with Gasteiger partial charge in [-0.2, -0.15) is 0 Å². The van der Waals surface area contributed by atoms with Gasteiger partial charge in [0.05, 0.1) is 12.6 Å². The number of nitrogens with one attached hydrogen (secondary N) is 2. The van der Waals surface area contributed by atoms with E-state index >= 15 is 0 Å². The summed E-state index contributed by atoms with van der Waals surface area (Å²) < 4.78 is 11.9. The number of urea groups is 1. The van der Waals surface area contributed by atoms with Gasteiger partial charge >= 0.3 is 6.03 Å². The zero-order valence-electron chi connectivity index (χ0n) is 17.8. The average Bonchev–Trinajstić information content (AvgIpc) is 3.46. The number of hydrogen-bond acceptors (Lipinski definition) is 5. The first-order valence-electron chi connectivity index (χ1n) is 11.2. The highest BCUT2D eigenvalue weighted by molar-refractivity contribution is 5.91. The van der Waals surface area contributed by atoms with Crippen molar-refractivity contribution in [3.8, 4) is 5.75 Å². The summed E-state index contributed by atoms with van der Waals surface area (Å²) in [4.78, 5) is 16.8. The van der Waals surface area contributed by atoms with E-state index in [0.29, 0.717) is 12.6 Å². The quantitative estimate of drug-likeness (QED) is 0.761. The van der Waals surface area contributed by atoms with Gasteiger partial charge in [-0.15, -0.1) is 0 Å². The number of likely N-dealkylation sites (tertiary alicyclic amines) is 1. The second-order valence-corrected chi connectivity index (χ2v) is 8.59. The molecule has 1 atom stereocenters. The van der Waals surface area contributed by atoms with Crippen LogP contribution >= 0.6 is 0 Å². The van der Waals surface area contributed by atoms with E-state index in [2.05, 4.69) is 15.5 Å². The molecule has 0 bridgehead atoms. The second-order valence-electron chi connectivity index (χ2n) is 8.59. The van der Waals surface area contributed by atoms with Gasteiger partial charge in [-0.1, -0.05) is 0 Å². The van der Waals surface area contributed by atoms with Crippen molar-refractivity contribution in [2.45, 2.75) is 37.9 Å². The lowest BCUT2D eigenvalue weighted by Crippen LogP contribution is -2.41. The second kappa shape index (κ2) is 9.16. The van der Waals surface area contributed by atoms with E-state index in [1.54, 1.807) is 4.90 Å². The number of carbonyl (C=O) groups excluding carboxylic acids is 1. The van der Waals surface area contributed by atoms with Crippen LogP contribution in [0.1, 0.15) is 25.7 Å². The van der Waals surface area contributed by atoms with E-state index in [0.717, 1.165) is 61.7 Å². The minimum absolute atomic E-state index is 0.136. The number of amides is 2. The number of ether oxygens (including phenoxy) is 2. The van der Waals surface area contributed by atoms with Crippen LogP contribution in [0.15, 0.2) is 60.1 Å². The van der Waals surface area contributed by atoms with Crippen LogP contribution in [0.4, 0.5) is 10.5 Å². The van der Waals surface area contributed by atoms with Crippen LogP contribution in [0, 0.1) is 0 Å². The van der Waals surface area contributed by atoms with Crippen molar-refractivity contribution in [1.82, 2.24) is 15.1 Å². The molecule has 1 aromatic carbocycles. The minimum atomic E-state index is -0.136. The first-order valence-corrected chi connectivity index (χ1v) is 11.2. The molecule has 4 aliphatic rings. The Hall–Kier alpha value is -2.77. The van der Waals surface area contributed by atoms with E-state index in [1.807, 2.05) is 48.9 Å².